The minimum absolute atomic E-state index is 0.00699. The van der Waals surface area contributed by atoms with E-state index in [2.05, 4.69) is 0 Å². The van der Waals surface area contributed by atoms with Gasteiger partial charge >= 0.3 is 0 Å². The minimum atomic E-state index is -1.76. The van der Waals surface area contributed by atoms with Gasteiger partial charge in [0.05, 0.1) is 12.2 Å². The molecule has 1 saturated heterocycles. The van der Waals surface area contributed by atoms with Gasteiger partial charge in [0.25, 0.3) is 17.6 Å². The molecule has 2 unspecified atom stereocenters. The second kappa shape index (κ2) is 7.45. The summed E-state index contributed by atoms with van der Waals surface area (Å²) in [4.78, 5) is 43.0. The summed E-state index contributed by atoms with van der Waals surface area (Å²) in [5.41, 5.74) is 0.323. The Labute approximate surface area is 191 Å². The zero-order valence-electron chi connectivity index (χ0n) is 18.6. The average molecular weight is 448 g/mol. The van der Waals surface area contributed by atoms with Gasteiger partial charge in [-0.25, -0.2) is 0 Å². The predicted octanol–water partition coefficient (Wildman–Crippen LogP) is 2.21. The Morgan fingerprint density at radius 1 is 1.21 bits per heavy atom. The summed E-state index contributed by atoms with van der Waals surface area (Å²) in [6.07, 6.45) is 0.668. The van der Waals surface area contributed by atoms with Gasteiger partial charge in [-0.3, -0.25) is 14.4 Å². The monoisotopic (exact) mass is 448 g/mol. The Morgan fingerprint density at radius 3 is 2.73 bits per heavy atom. The van der Waals surface area contributed by atoms with E-state index >= 15 is 0 Å². The Hall–Kier alpha value is -3.65. The average Bonchev–Trinajstić information content (AvgIpc) is 3.37. The van der Waals surface area contributed by atoms with Gasteiger partial charge in [0.15, 0.2) is 5.54 Å². The molecule has 1 spiro atoms. The Balaban J connectivity index is 1.78. The largest absolute Gasteiger partial charge is 0.507 e. The molecule has 8 nitrogen and oxygen atoms in total. The number of carbonyl (C=O) groups is 3. The number of Topliss-reactive ketones (excluding diaryl/α,β-unsaturated/α-hetero) is 1. The van der Waals surface area contributed by atoms with E-state index < -0.39 is 23.1 Å². The smallest absolute Gasteiger partial charge is 0.296 e. The second-order valence-corrected chi connectivity index (χ2v) is 8.55. The molecule has 2 aromatic carbocycles. The maximum Gasteiger partial charge on any atom is 0.296 e. The molecule has 0 saturated carbocycles. The quantitative estimate of drug-likeness (QED) is 0.438. The van der Waals surface area contributed by atoms with E-state index in [1.165, 1.54) is 16.9 Å². The molecule has 2 atom stereocenters. The summed E-state index contributed by atoms with van der Waals surface area (Å²) >= 11 is 0. The highest BCUT2D eigenvalue weighted by Gasteiger charge is 2.66. The van der Waals surface area contributed by atoms with Gasteiger partial charge in [0.1, 0.15) is 17.6 Å². The van der Waals surface area contributed by atoms with Crippen LogP contribution in [0.3, 0.4) is 0 Å². The number of fused-ring (bicyclic) bond motifs is 3. The number of rotatable bonds is 4. The molecule has 0 bridgehead atoms. The fourth-order valence-corrected chi connectivity index (χ4v) is 5.17. The van der Waals surface area contributed by atoms with Crippen LogP contribution in [0.1, 0.15) is 23.6 Å². The summed E-state index contributed by atoms with van der Waals surface area (Å²) in [7, 11) is 3.08. The van der Waals surface area contributed by atoms with Gasteiger partial charge in [-0.05, 0) is 36.8 Å². The summed E-state index contributed by atoms with van der Waals surface area (Å²) in [6, 6.07) is 12.1. The third-order valence-corrected chi connectivity index (χ3v) is 6.63. The molecule has 3 aliphatic heterocycles. The summed E-state index contributed by atoms with van der Waals surface area (Å²) < 4.78 is 10.9. The van der Waals surface area contributed by atoms with E-state index in [4.69, 9.17) is 9.47 Å². The normalized spacial score (nSPS) is 25.1. The molecule has 170 valence electrons. The number of likely N-dealkylation sites (N-methyl/N-ethyl adjacent to an activating group) is 1. The van der Waals surface area contributed by atoms with Gasteiger partial charge in [-0.1, -0.05) is 18.2 Å². The van der Waals surface area contributed by atoms with Crippen LogP contribution < -0.4 is 9.64 Å². The lowest BCUT2D eigenvalue weighted by Crippen LogP contribution is -2.52. The molecule has 0 aromatic heterocycles. The standard InChI is InChI=1S/C25H24N2O6/c1-14-12-16-13-15(8-9-19(16)33-14)21(28)20-22(29)23(30)27(10-11-32-3)25(20)17-6-4-5-7-18(17)26(2)24(25)31/h4-9,13-14,28H,10-12H2,1-3H3. The van der Waals surface area contributed by atoms with E-state index in [-0.39, 0.29) is 30.6 Å². The fraction of sp³-hybridized carbons (Fsp3) is 0.320. The number of carbonyl (C=O) groups excluding carboxylic acids is 3. The van der Waals surface area contributed by atoms with E-state index in [9.17, 15) is 19.5 Å². The lowest BCUT2D eigenvalue weighted by molar-refractivity contribution is -0.144. The molecule has 0 aliphatic carbocycles. The third kappa shape index (κ3) is 2.77. The Kier molecular flexibility index (Phi) is 4.79. The zero-order valence-corrected chi connectivity index (χ0v) is 18.6. The second-order valence-electron chi connectivity index (χ2n) is 8.55. The first kappa shape index (κ1) is 21.2. The number of anilines is 1. The molecule has 3 heterocycles. The molecule has 1 fully saturated rings. The number of nitrogens with zero attached hydrogens (tertiary/aromatic N) is 2. The SMILES string of the molecule is COCCN1C(=O)C(=O)C(=C(O)c2ccc3c(c2)CC(C)O3)C12C(=O)N(C)c1ccccc12. The van der Waals surface area contributed by atoms with Crippen molar-refractivity contribution in [3.63, 3.8) is 0 Å². The Bertz CT molecular complexity index is 1240. The van der Waals surface area contributed by atoms with Crippen molar-refractivity contribution in [3.05, 3.63) is 64.7 Å². The highest BCUT2D eigenvalue weighted by Crippen LogP contribution is 2.53. The number of amides is 2. The van der Waals surface area contributed by atoms with Gasteiger partial charge in [-0.15, -0.1) is 0 Å². The number of para-hydroxylation sites is 1. The van der Waals surface area contributed by atoms with Crippen molar-refractivity contribution >= 4 is 29.0 Å². The first-order valence-corrected chi connectivity index (χ1v) is 10.8. The van der Waals surface area contributed by atoms with Crippen LogP contribution in [0.5, 0.6) is 5.75 Å². The van der Waals surface area contributed by atoms with Crippen molar-refractivity contribution in [2.24, 2.45) is 0 Å². The molecule has 8 heteroatoms. The molecular formula is C25H24N2O6. The highest BCUT2D eigenvalue weighted by atomic mass is 16.5. The van der Waals surface area contributed by atoms with Crippen molar-refractivity contribution in [2.75, 3.05) is 32.2 Å². The predicted molar refractivity (Wildman–Crippen MR) is 120 cm³/mol. The number of aliphatic hydroxyl groups is 1. The first-order chi connectivity index (χ1) is 15.8. The Morgan fingerprint density at radius 2 is 1.97 bits per heavy atom. The lowest BCUT2D eigenvalue weighted by atomic mass is 9.81. The van der Waals surface area contributed by atoms with Gasteiger partial charge in [-0.2, -0.15) is 0 Å². The van der Waals surface area contributed by atoms with Crippen LogP contribution in [-0.2, 0) is 31.1 Å². The van der Waals surface area contributed by atoms with Crippen molar-refractivity contribution in [1.29, 1.82) is 0 Å². The fourth-order valence-electron chi connectivity index (χ4n) is 5.17. The summed E-state index contributed by atoms with van der Waals surface area (Å²) in [6.45, 7) is 2.09. The molecular weight excluding hydrogens is 424 g/mol. The molecule has 33 heavy (non-hydrogen) atoms. The molecule has 3 aliphatic rings. The van der Waals surface area contributed by atoms with Crippen molar-refractivity contribution in [1.82, 2.24) is 4.90 Å². The summed E-state index contributed by atoms with van der Waals surface area (Å²) in [5.74, 6) is -1.87. The van der Waals surface area contributed by atoms with Crippen LogP contribution in [0.25, 0.3) is 5.76 Å². The van der Waals surface area contributed by atoms with Crippen LogP contribution in [0.2, 0.25) is 0 Å². The van der Waals surface area contributed by atoms with Gasteiger partial charge in [0, 0.05) is 43.9 Å². The molecule has 2 amide bonds. The molecule has 2 aromatic rings. The maximum atomic E-state index is 13.8. The van der Waals surface area contributed by atoms with Crippen LogP contribution >= 0.6 is 0 Å². The molecule has 1 N–H and O–H groups in total. The number of hydrogen-bond donors (Lipinski definition) is 1. The summed E-state index contributed by atoms with van der Waals surface area (Å²) in [5, 5.41) is 11.4. The van der Waals surface area contributed by atoms with Crippen LogP contribution in [0.15, 0.2) is 48.0 Å². The number of methoxy groups -OCH3 is 1. The zero-order chi connectivity index (χ0) is 23.5. The highest BCUT2D eigenvalue weighted by molar-refractivity contribution is 6.50. The minimum Gasteiger partial charge on any atom is -0.507 e. The number of benzene rings is 2. The number of likely N-dealkylation sites (tertiary alicyclic amines) is 1. The van der Waals surface area contributed by atoms with Crippen LogP contribution in [0, 0.1) is 0 Å². The van der Waals surface area contributed by atoms with Gasteiger partial charge < -0.3 is 24.4 Å². The van der Waals surface area contributed by atoms with Crippen molar-refractivity contribution in [3.8, 4) is 5.75 Å². The maximum absolute atomic E-state index is 13.8. The first-order valence-electron chi connectivity index (χ1n) is 10.8. The number of ketones is 1. The molecule has 0 radical (unpaired) electrons. The number of aliphatic hydroxyl groups excluding tert-OH is 1. The van der Waals surface area contributed by atoms with Crippen LogP contribution in [0.4, 0.5) is 5.69 Å². The van der Waals surface area contributed by atoms with Crippen molar-refractivity contribution < 1.29 is 29.0 Å². The van der Waals surface area contributed by atoms with E-state index in [1.54, 1.807) is 49.5 Å². The van der Waals surface area contributed by atoms with E-state index in [0.717, 1.165) is 11.3 Å². The number of hydrogen-bond acceptors (Lipinski definition) is 6. The van der Waals surface area contributed by atoms with Crippen molar-refractivity contribution in [2.45, 2.75) is 25.0 Å². The lowest BCUT2D eigenvalue weighted by Gasteiger charge is -2.34. The topological polar surface area (TPSA) is 96.4 Å². The third-order valence-electron chi connectivity index (χ3n) is 6.63. The van der Waals surface area contributed by atoms with E-state index in [1.807, 2.05) is 6.92 Å². The van der Waals surface area contributed by atoms with Crippen LogP contribution in [-0.4, -0.2) is 61.0 Å². The van der Waals surface area contributed by atoms with E-state index in [0.29, 0.717) is 23.2 Å². The number of ether oxygens (including phenoxy) is 2. The van der Waals surface area contributed by atoms with Gasteiger partial charge in [0.2, 0.25) is 0 Å². The molecule has 5 rings (SSSR count).